The number of carbonyl (C=O) groups excluding carboxylic acids is 1. The van der Waals surface area contributed by atoms with Crippen LogP contribution in [-0.2, 0) is 16.6 Å². The molecule has 1 aromatic heterocycles. The molecule has 122 valence electrons. The number of amides is 2. The molecule has 23 heavy (non-hydrogen) atoms. The second kappa shape index (κ2) is 7.21. The number of pyridine rings is 1. The summed E-state index contributed by atoms with van der Waals surface area (Å²) < 4.78 is 25.9. The number of nitrogens with zero attached hydrogens (tertiary/aromatic N) is 1. The Kier molecular flexibility index (Phi) is 5.30. The molecule has 3 N–H and O–H groups in total. The number of aryl methyl sites for hydroxylation is 1. The van der Waals surface area contributed by atoms with Crippen molar-refractivity contribution in [3.8, 4) is 0 Å². The summed E-state index contributed by atoms with van der Waals surface area (Å²) in [7, 11) is -2.22. The van der Waals surface area contributed by atoms with Crippen LogP contribution in [0.1, 0.15) is 11.1 Å². The number of rotatable bonds is 5. The molecular formula is C15H18N4O3S. The predicted octanol–water partition coefficient (Wildman–Crippen LogP) is 1.62. The van der Waals surface area contributed by atoms with Crippen LogP contribution in [0.4, 0.5) is 10.5 Å². The van der Waals surface area contributed by atoms with Crippen molar-refractivity contribution >= 4 is 21.7 Å². The molecule has 2 aromatic rings. The van der Waals surface area contributed by atoms with Gasteiger partial charge in [0.25, 0.3) is 0 Å². The van der Waals surface area contributed by atoms with Crippen LogP contribution in [-0.4, -0.2) is 26.5 Å². The van der Waals surface area contributed by atoms with Gasteiger partial charge < -0.3 is 10.6 Å². The second-order valence-electron chi connectivity index (χ2n) is 4.85. The molecule has 1 aromatic carbocycles. The zero-order valence-electron chi connectivity index (χ0n) is 12.8. The summed E-state index contributed by atoms with van der Waals surface area (Å²) in [5.74, 6) is 0. The lowest BCUT2D eigenvalue weighted by Gasteiger charge is -2.12. The second-order valence-corrected chi connectivity index (χ2v) is 6.74. The molecule has 0 bridgehead atoms. The fraction of sp³-hybridized carbons (Fsp3) is 0.200. The molecule has 8 heteroatoms. The Labute approximate surface area is 135 Å². The third-order valence-electron chi connectivity index (χ3n) is 3.21. The molecule has 0 fully saturated rings. The average molecular weight is 334 g/mol. The van der Waals surface area contributed by atoms with Crippen molar-refractivity contribution in [2.24, 2.45) is 0 Å². The van der Waals surface area contributed by atoms with Gasteiger partial charge in [0.2, 0.25) is 10.0 Å². The maximum atomic E-state index is 12.0. The van der Waals surface area contributed by atoms with Gasteiger partial charge in [0.15, 0.2) is 0 Å². The maximum absolute atomic E-state index is 12.0. The van der Waals surface area contributed by atoms with Gasteiger partial charge in [0, 0.05) is 24.6 Å². The van der Waals surface area contributed by atoms with Crippen molar-refractivity contribution < 1.29 is 13.2 Å². The zero-order valence-corrected chi connectivity index (χ0v) is 13.6. The van der Waals surface area contributed by atoms with Crippen molar-refractivity contribution in [3.63, 3.8) is 0 Å². The number of benzene rings is 1. The van der Waals surface area contributed by atoms with Gasteiger partial charge in [0.05, 0.1) is 4.90 Å². The maximum Gasteiger partial charge on any atom is 0.319 e. The van der Waals surface area contributed by atoms with E-state index >= 15 is 0 Å². The minimum atomic E-state index is -3.56. The number of urea groups is 1. The summed E-state index contributed by atoms with van der Waals surface area (Å²) in [6.07, 6.45) is 3.31. The highest BCUT2D eigenvalue weighted by Crippen LogP contribution is 2.20. The van der Waals surface area contributed by atoms with E-state index in [-0.39, 0.29) is 4.90 Å². The largest absolute Gasteiger partial charge is 0.334 e. The van der Waals surface area contributed by atoms with Crippen LogP contribution in [0.2, 0.25) is 0 Å². The van der Waals surface area contributed by atoms with Gasteiger partial charge in [-0.1, -0.05) is 12.1 Å². The van der Waals surface area contributed by atoms with E-state index in [9.17, 15) is 13.2 Å². The van der Waals surface area contributed by atoms with E-state index in [0.717, 1.165) is 11.1 Å². The Balaban J connectivity index is 2.07. The fourth-order valence-corrected chi connectivity index (χ4v) is 2.63. The topological polar surface area (TPSA) is 100 Å². The van der Waals surface area contributed by atoms with Crippen LogP contribution in [0.3, 0.4) is 0 Å². The molecular weight excluding hydrogens is 316 g/mol. The number of nitrogens with one attached hydrogen (secondary N) is 3. The first-order valence-corrected chi connectivity index (χ1v) is 8.38. The standard InChI is InChI=1S/C15H18N4O3S/c1-11-5-6-13(23(21,22)16-2)8-14(11)19-15(20)18-10-12-4-3-7-17-9-12/h3-9,16H,10H2,1-2H3,(H2,18,19,20). The summed E-state index contributed by atoms with van der Waals surface area (Å²) in [5.41, 5.74) is 2.06. The Morgan fingerprint density at radius 2 is 2.04 bits per heavy atom. The first-order valence-electron chi connectivity index (χ1n) is 6.90. The van der Waals surface area contributed by atoms with Crippen LogP contribution >= 0.6 is 0 Å². The van der Waals surface area contributed by atoms with Crippen molar-refractivity contribution in [3.05, 3.63) is 53.9 Å². The molecule has 2 rings (SSSR count). The van der Waals surface area contributed by atoms with E-state index in [2.05, 4.69) is 20.3 Å². The third kappa shape index (κ3) is 4.51. The number of anilines is 1. The lowest BCUT2D eigenvalue weighted by Crippen LogP contribution is -2.28. The number of carbonyl (C=O) groups is 1. The number of hydrogen-bond donors (Lipinski definition) is 3. The van der Waals surface area contributed by atoms with Gasteiger partial charge in [-0.15, -0.1) is 0 Å². The zero-order chi connectivity index (χ0) is 16.9. The molecule has 0 atom stereocenters. The van der Waals surface area contributed by atoms with Crippen molar-refractivity contribution in [1.29, 1.82) is 0 Å². The lowest BCUT2D eigenvalue weighted by molar-refractivity contribution is 0.251. The number of hydrogen-bond acceptors (Lipinski definition) is 4. The molecule has 2 amide bonds. The Hall–Kier alpha value is -2.45. The van der Waals surface area contributed by atoms with Gasteiger partial charge in [-0.2, -0.15) is 0 Å². The summed E-state index contributed by atoms with van der Waals surface area (Å²) in [6.45, 7) is 2.11. The molecule has 0 aliphatic rings. The smallest absolute Gasteiger partial charge is 0.319 e. The van der Waals surface area contributed by atoms with E-state index in [0.29, 0.717) is 12.2 Å². The van der Waals surface area contributed by atoms with E-state index in [1.54, 1.807) is 31.5 Å². The SMILES string of the molecule is CNS(=O)(=O)c1ccc(C)c(NC(=O)NCc2cccnc2)c1. The minimum absolute atomic E-state index is 0.0909. The summed E-state index contributed by atoms with van der Waals surface area (Å²) >= 11 is 0. The van der Waals surface area contributed by atoms with Crippen LogP contribution in [0, 0.1) is 6.92 Å². The number of sulfonamides is 1. The van der Waals surface area contributed by atoms with Crippen LogP contribution in [0.15, 0.2) is 47.6 Å². The van der Waals surface area contributed by atoms with E-state index in [4.69, 9.17) is 0 Å². The molecule has 0 aliphatic heterocycles. The first-order chi connectivity index (χ1) is 10.9. The molecule has 7 nitrogen and oxygen atoms in total. The van der Waals surface area contributed by atoms with Crippen LogP contribution in [0.25, 0.3) is 0 Å². The highest BCUT2D eigenvalue weighted by Gasteiger charge is 2.14. The molecule has 0 radical (unpaired) electrons. The molecule has 0 unspecified atom stereocenters. The van der Waals surface area contributed by atoms with Crippen molar-refractivity contribution in [1.82, 2.24) is 15.0 Å². The average Bonchev–Trinajstić information content (AvgIpc) is 2.56. The van der Waals surface area contributed by atoms with Crippen LogP contribution < -0.4 is 15.4 Å². The number of aromatic nitrogens is 1. The molecule has 0 aliphatic carbocycles. The molecule has 0 saturated heterocycles. The van der Waals surface area contributed by atoms with Crippen molar-refractivity contribution in [2.45, 2.75) is 18.4 Å². The predicted molar refractivity (Wildman–Crippen MR) is 87.5 cm³/mol. The van der Waals surface area contributed by atoms with Crippen molar-refractivity contribution in [2.75, 3.05) is 12.4 Å². The van der Waals surface area contributed by atoms with E-state index < -0.39 is 16.1 Å². The summed E-state index contributed by atoms with van der Waals surface area (Å²) in [6, 6.07) is 7.76. The molecule has 0 saturated carbocycles. The highest BCUT2D eigenvalue weighted by molar-refractivity contribution is 7.89. The lowest BCUT2D eigenvalue weighted by atomic mass is 10.2. The molecule has 1 heterocycles. The Morgan fingerprint density at radius 3 is 2.70 bits per heavy atom. The van der Waals surface area contributed by atoms with E-state index in [1.807, 2.05) is 6.07 Å². The quantitative estimate of drug-likeness (QED) is 0.773. The summed E-state index contributed by atoms with van der Waals surface area (Å²) in [4.78, 5) is 16.0. The Bertz CT molecular complexity index is 792. The van der Waals surface area contributed by atoms with Gasteiger partial charge in [-0.05, 0) is 43.3 Å². The summed E-state index contributed by atoms with van der Waals surface area (Å²) in [5, 5.41) is 5.35. The monoisotopic (exact) mass is 334 g/mol. The van der Waals surface area contributed by atoms with Gasteiger partial charge >= 0.3 is 6.03 Å². The fourth-order valence-electron chi connectivity index (χ4n) is 1.87. The minimum Gasteiger partial charge on any atom is -0.334 e. The molecule has 0 spiro atoms. The normalized spacial score (nSPS) is 11.0. The highest BCUT2D eigenvalue weighted by atomic mass is 32.2. The van der Waals surface area contributed by atoms with Gasteiger partial charge in [-0.25, -0.2) is 17.9 Å². The third-order valence-corrected chi connectivity index (χ3v) is 4.62. The Morgan fingerprint density at radius 1 is 1.26 bits per heavy atom. The first kappa shape index (κ1) is 16.9. The van der Waals surface area contributed by atoms with E-state index in [1.165, 1.54) is 19.2 Å². The van der Waals surface area contributed by atoms with Gasteiger partial charge in [-0.3, -0.25) is 4.98 Å². The van der Waals surface area contributed by atoms with Crippen LogP contribution in [0.5, 0.6) is 0 Å². The van der Waals surface area contributed by atoms with Gasteiger partial charge in [0.1, 0.15) is 0 Å².